The van der Waals surface area contributed by atoms with E-state index in [1.54, 1.807) is 0 Å². The number of hydrogen-bond acceptors (Lipinski definition) is 3. The van der Waals surface area contributed by atoms with Crippen molar-refractivity contribution in [2.24, 2.45) is 0 Å². The van der Waals surface area contributed by atoms with E-state index in [1.165, 1.54) is 0 Å². The molecule has 17 heavy (non-hydrogen) atoms. The van der Waals surface area contributed by atoms with Crippen molar-refractivity contribution in [2.75, 3.05) is 0 Å². The van der Waals surface area contributed by atoms with Gasteiger partial charge in [0.1, 0.15) is 11.6 Å². The van der Waals surface area contributed by atoms with Gasteiger partial charge in [-0.3, -0.25) is 0 Å². The lowest BCUT2D eigenvalue weighted by Crippen LogP contribution is -1.86. The molecule has 0 aliphatic heterocycles. The second-order valence-electron chi connectivity index (χ2n) is 3.45. The van der Waals surface area contributed by atoms with E-state index in [1.807, 2.05) is 6.92 Å². The van der Waals surface area contributed by atoms with E-state index in [9.17, 15) is 8.78 Å². The predicted octanol–water partition coefficient (Wildman–Crippen LogP) is 3.86. The summed E-state index contributed by atoms with van der Waals surface area (Å²) in [6.07, 6.45) is 0.757. The van der Waals surface area contributed by atoms with Crippen LogP contribution >= 0.6 is 15.9 Å². The Morgan fingerprint density at radius 1 is 1.35 bits per heavy atom. The predicted molar refractivity (Wildman–Crippen MR) is 61.6 cm³/mol. The molecule has 1 heterocycles. The van der Waals surface area contributed by atoms with Crippen LogP contribution in [0.4, 0.5) is 8.78 Å². The van der Waals surface area contributed by atoms with Crippen molar-refractivity contribution in [3.05, 3.63) is 35.7 Å². The van der Waals surface area contributed by atoms with E-state index in [2.05, 4.69) is 26.1 Å². The number of benzene rings is 1. The van der Waals surface area contributed by atoms with Crippen LogP contribution in [0.1, 0.15) is 24.1 Å². The zero-order valence-electron chi connectivity index (χ0n) is 8.95. The summed E-state index contributed by atoms with van der Waals surface area (Å²) in [5, 5.41) is 7.49. The molecule has 2 rings (SSSR count). The number of rotatable bonds is 3. The molecule has 1 aromatic carbocycles. The SMILES string of the molecule is CCC(Br)c1nnc(-c2cc(F)ccc2F)o1. The second kappa shape index (κ2) is 4.91. The molecule has 3 nitrogen and oxygen atoms in total. The van der Waals surface area contributed by atoms with Gasteiger partial charge in [0.05, 0.1) is 10.4 Å². The molecular formula is C11H9BrF2N2O. The van der Waals surface area contributed by atoms with E-state index < -0.39 is 11.6 Å². The van der Waals surface area contributed by atoms with Gasteiger partial charge in [-0.2, -0.15) is 0 Å². The zero-order chi connectivity index (χ0) is 12.4. The molecule has 0 aliphatic rings. The molecule has 0 saturated carbocycles. The summed E-state index contributed by atoms with van der Waals surface area (Å²) in [6.45, 7) is 1.94. The number of nitrogens with zero attached hydrogens (tertiary/aromatic N) is 2. The molecule has 0 amide bonds. The van der Waals surface area contributed by atoms with Crippen LogP contribution < -0.4 is 0 Å². The second-order valence-corrected chi connectivity index (χ2v) is 4.55. The van der Waals surface area contributed by atoms with Crippen molar-refractivity contribution in [1.29, 1.82) is 0 Å². The Kier molecular flexibility index (Phi) is 3.51. The van der Waals surface area contributed by atoms with Gasteiger partial charge < -0.3 is 4.42 Å². The number of aromatic nitrogens is 2. The molecule has 90 valence electrons. The quantitative estimate of drug-likeness (QED) is 0.808. The number of alkyl halides is 1. The fourth-order valence-corrected chi connectivity index (χ4v) is 1.49. The molecule has 1 unspecified atom stereocenters. The van der Waals surface area contributed by atoms with Crippen LogP contribution in [0, 0.1) is 11.6 Å². The van der Waals surface area contributed by atoms with Crippen LogP contribution in [0.15, 0.2) is 22.6 Å². The Hall–Kier alpha value is -1.30. The molecule has 1 aromatic heterocycles. The van der Waals surface area contributed by atoms with Crippen molar-refractivity contribution in [2.45, 2.75) is 18.2 Å². The largest absolute Gasteiger partial charge is 0.419 e. The summed E-state index contributed by atoms with van der Waals surface area (Å²) >= 11 is 3.34. The highest BCUT2D eigenvalue weighted by Crippen LogP contribution is 2.28. The summed E-state index contributed by atoms with van der Waals surface area (Å²) in [5.74, 6) is -0.808. The third-order valence-electron chi connectivity index (χ3n) is 2.23. The first-order valence-electron chi connectivity index (χ1n) is 5.04. The van der Waals surface area contributed by atoms with Crippen molar-refractivity contribution < 1.29 is 13.2 Å². The molecule has 1 atom stereocenters. The first-order valence-corrected chi connectivity index (χ1v) is 5.96. The van der Waals surface area contributed by atoms with Crippen LogP contribution in [-0.2, 0) is 0 Å². The van der Waals surface area contributed by atoms with E-state index >= 15 is 0 Å². The van der Waals surface area contributed by atoms with Gasteiger partial charge in [-0.1, -0.05) is 22.9 Å². The Morgan fingerprint density at radius 3 is 2.82 bits per heavy atom. The maximum absolute atomic E-state index is 13.4. The van der Waals surface area contributed by atoms with Gasteiger partial charge in [-0.05, 0) is 24.6 Å². The van der Waals surface area contributed by atoms with Gasteiger partial charge >= 0.3 is 0 Å². The van der Waals surface area contributed by atoms with E-state index in [0.717, 1.165) is 24.6 Å². The zero-order valence-corrected chi connectivity index (χ0v) is 10.5. The van der Waals surface area contributed by atoms with Crippen molar-refractivity contribution >= 4 is 15.9 Å². The molecule has 0 N–H and O–H groups in total. The van der Waals surface area contributed by atoms with E-state index in [4.69, 9.17) is 4.42 Å². The maximum Gasteiger partial charge on any atom is 0.250 e. The van der Waals surface area contributed by atoms with Gasteiger partial charge in [-0.25, -0.2) is 8.78 Å². The third-order valence-corrected chi connectivity index (χ3v) is 3.26. The highest BCUT2D eigenvalue weighted by molar-refractivity contribution is 9.09. The Balaban J connectivity index is 2.40. The van der Waals surface area contributed by atoms with Gasteiger partial charge in [0, 0.05) is 0 Å². The van der Waals surface area contributed by atoms with E-state index in [0.29, 0.717) is 5.89 Å². The molecule has 6 heteroatoms. The van der Waals surface area contributed by atoms with Gasteiger partial charge in [0.2, 0.25) is 5.89 Å². The van der Waals surface area contributed by atoms with Crippen molar-refractivity contribution in [3.8, 4) is 11.5 Å². The fraction of sp³-hybridized carbons (Fsp3) is 0.273. The van der Waals surface area contributed by atoms with Gasteiger partial charge in [-0.15, -0.1) is 10.2 Å². The highest BCUT2D eigenvalue weighted by atomic mass is 79.9. The summed E-state index contributed by atoms with van der Waals surface area (Å²) in [7, 11) is 0. The highest BCUT2D eigenvalue weighted by Gasteiger charge is 2.17. The first-order chi connectivity index (χ1) is 8.11. The molecule has 0 aliphatic carbocycles. The van der Waals surface area contributed by atoms with Crippen LogP contribution in [-0.4, -0.2) is 10.2 Å². The maximum atomic E-state index is 13.4. The Bertz CT molecular complexity index is 530. The molecule has 0 fully saturated rings. The van der Waals surface area contributed by atoms with Gasteiger partial charge in [0.15, 0.2) is 0 Å². The van der Waals surface area contributed by atoms with Crippen LogP contribution in [0.25, 0.3) is 11.5 Å². The lowest BCUT2D eigenvalue weighted by molar-refractivity contribution is 0.495. The first kappa shape index (κ1) is 12.2. The van der Waals surface area contributed by atoms with Crippen LogP contribution in [0.3, 0.4) is 0 Å². The van der Waals surface area contributed by atoms with Crippen LogP contribution in [0.5, 0.6) is 0 Å². The fourth-order valence-electron chi connectivity index (χ4n) is 1.31. The van der Waals surface area contributed by atoms with Crippen molar-refractivity contribution in [1.82, 2.24) is 10.2 Å². The van der Waals surface area contributed by atoms with E-state index in [-0.39, 0.29) is 16.3 Å². The normalized spacial score (nSPS) is 12.7. The minimum Gasteiger partial charge on any atom is -0.419 e. The number of halogens is 3. The monoisotopic (exact) mass is 302 g/mol. The summed E-state index contributed by atoms with van der Waals surface area (Å²) in [4.78, 5) is -0.0830. The standard InChI is InChI=1S/C11H9BrF2N2O/c1-2-8(12)11-16-15-10(17-11)7-5-6(13)3-4-9(7)14/h3-5,8H,2H2,1H3. The summed E-state index contributed by atoms with van der Waals surface area (Å²) < 4.78 is 31.7. The minimum atomic E-state index is -0.593. The number of hydrogen-bond donors (Lipinski definition) is 0. The molecule has 2 aromatic rings. The Morgan fingerprint density at radius 2 is 2.12 bits per heavy atom. The average molecular weight is 303 g/mol. The molecular weight excluding hydrogens is 294 g/mol. The van der Waals surface area contributed by atoms with Crippen LogP contribution in [0.2, 0.25) is 0 Å². The minimum absolute atomic E-state index is 0.0186. The summed E-state index contributed by atoms with van der Waals surface area (Å²) in [5.41, 5.74) is -0.0282. The lowest BCUT2D eigenvalue weighted by atomic mass is 10.2. The Labute approximate surface area is 105 Å². The van der Waals surface area contributed by atoms with Gasteiger partial charge in [0.25, 0.3) is 5.89 Å². The third kappa shape index (κ3) is 2.52. The molecule has 0 saturated heterocycles. The molecule has 0 radical (unpaired) electrons. The molecule has 0 bridgehead atoms. The topological polar surface area (TPSA) is 38.9 Å². The summed E-state index contributed by atoms with van der Waals surface area (Å²) in [6, 6.07) is 3.09. The van der Waals surface area contributed by atoms with Crippen molar-refractivity contribution in [3.63, 3.8) is 0 Å². The lowest BCUT2D eigenvalue weighted by Gasteiger charge is -1.99. The smallest absolute Gasteiger partial charge is 0.250 e. The molecule has 0 spiro atoms. The average Bonchev–Trinajstić information content (AvgIpc) is 2.80.